The van der Waals surface area contributed by atoms with E-state index < -0.39 is 11.9 Å². The van der Waals surface area contributed by atoms with Crippen molar-refractivity contribution in [1.29, 1.82) is 0 Å². The minimum absolute atomic E-state index is 0.0171. The molecule has 0 fully saturated rings. The Balaban J connectivity index is 1.63. The molecule has 174 valence electrons. The minimum Gasteiger partial charge on any atom is -0.493 e. The molecule has 0 bridgehead atoms. The molecule has 0 radical (unpaired) electrons. The summed E-state index contributed by atoms with van der Waals surface area (Å²) in [4.78, 5) is 32.7. The number of nitrogens with zero attached hydrogens (tertiary/aromatic N) is 2. The van der Waals surface area contributed by atoms with E-state index in [9.17, 15) is 9.59 Å². The van der Waals surface area contributed by atoms with Crippen LogP contribution in [0.2, 0.25) is 5.02 Å². The van der Waals surface area contributed by atoms with Crippen LogP contribution in [0.1, 0.15) is 21.5 Å². The van der Waals surface area contributed by atoms with Crippen molar-refractivity contribution in [2.45, 2.75) is 6.54 Å². The highest BCUT2D eigenvalue weighted by atomic mass is 35.5. The van der Waals surface area contributed by atoms with Crippen LogP contribution in [0.4, 0.5) is 5.69 Å². The lowest BCUT2D eigenvalue weighted by atomic mass is 10.1. The van der Waals surface area contributed by atoms with Gasteiger partial charge in [0, 0.05) is 10.6 Å². The van der Waals surface area contributed by atoms with Crippen molar-refractivity contribution in [3.63, 3.8) is 0 Å². The van der Waals surface area contributed by atoms with Crippen LogP contribution in [-0.2, 0) is 16.2 Å². The van der Waals surface area contributed by atoms with E-state index in [2.05, 4.69) is 5.16 Å². The summed E-state index contributed by atoms with van der Waals surface area (Å²) in [6.45, 7) is 0.245. The molecule has 0 spiro atoms. The van der Waals surface area contributed by atoms with Gasteiger partial charge >= 0.3 is 5.97 Å². The number of anilines is 1. The Labute approximate surface area is 201 Å². The molecular formula is C25H21ClN2O6. The molecule has 1 amide bonds. The zero-order chi connectivity index (χ0) is 24.2. The number of hydrogen-bond acceptors (Lipinski definition) is 7. The number of halogens is 1. The van der Waals surface area contributed by atoms with Crippen LogP contribution in [0.15, 0.2) is 65.8 Å². The SMILES string of the molecule is COc1cc(C(=O)ON=C2C(=O)N(Cc3ccccc3Cl)c3ccccc32)cc(OC)c1OC. The van der Waals surface area contributed by atoms with Gasteiger partial charge in [-0.1, -0.05) is 53.2 Å². The van der Waals surface area contributed by atoms with Gasteiger partial charge in [0.05, 0.1) is 39.1 Å². The second-order valence-corrected chi connectivity index (χ2v) is 7.64. The molecule has 1 heterocycles. The summed E-state index contributed by atoms with van der Waals surface area (Å²) in [6, 6.07) is 17.3. The molecule has 3 aromatic carbocycles. The summed E-state index contributed by atoms with van der Waals surface area (Å²) in [7, 11) is 4.34. The number of amides is 1. The van der Waals surface area contributed by atoms with Crippen LogP contribution in [-0.4, -0.2) is 38.9 Å². The average Bonchev–Trinajstić information content (AvgIpc) is 3.13. The maximum absolute atomic E-state index is 13.2. The van der Waals surface area contributed by atoms with Gasteiger partial charge in [-0.25, -0.2) is 4.79 Å². The van der Waals surface area contributed by atoms with E-state index in [1.54, 1.807) is 29.2 Å². The summed E-state index contributed by atoms with van der Waals surface area (Å²) in [6.07, 6.45) is 0. The van der Waals surface area contributed by atoms with E-state index in [1.807, 2.05) is 24.3 Å². The fourth-order valence-electron chi connectivity index (χ4n) is 3.64. The topological polar surface area (TPSA) is 86.7 Å². The molecule has 9 heteroatoms. The third kappa shape index (κ3) is 4.27. The van der Waals surface area contributed by atoms with Crippen LogP contribution in [0, 0.1) is 0 Å². The first-order valence-electron chi connectivity index (χ1n) is 10.2. The number of carbonyl (C=O) groups excluding carboxylic acids is 2. The summed E-state index contributed by atoms with van der Waals surface area (Å²) < 4.78 is 15.8. The number of ether oxygens (including phenoxy) is 3. The first-order valence-corrected chi connectivity index (χ1v) is 10.6. The molecule has 0 saturated heterocycles. The van der Waals surface area contributed by atoms with Crippen LogP contribution in [0.3, 0.4) is 0 Å². The van der Waals surface area contributed by atoms with Crippen LogP contribution in [0.5, 0.6) is 17.2 Å². The maximum Gasteiger partial charge on any atom is 0.366 e. The van der Waals surface area contributed by atoms with Crippen molar-refractivity contribution in [2.75, 3.05) is 26.2 Å². The van der Waals surface area contributed by atoms with Gasteiger partial charge < -0.3 is 23.9 Å². The summed E-state index contributed by atoms with van der Waals surface area (Å²) in [5.41, 5.74) is 2.11. The first kappa shape index (κ1) is 23.1. The largest absolute Gasteiger partial charge is 0.493 e. The van der Waals surface area contributed by atoms with E-state index in [-0.39, 0.29) is 29.3 Å². The first-order chi connectivity index (χ1) is 16.5. The van der Waals surface area contributed by atoms with Crippen LogP contribution in [0.25, 0.3) is 0 Å². The summed E-state index contributed by atoms with van der Waals surface area (Å²) in [5, 5.41) is 4.47. The molecule has 0 aliphatic carbocycles. The minimum atomic E-state index is -0.790. The lowest BCUT2D eigenvalue weighted by molar-refractivity contribution is -0.112. The number of benzene rings is 3. The van der Waals surface area contributed by atoms with Gasteiger partial charge in [0.1, 0.15) is 0 Å². The summed E-state index contributed by atoms with van der Waals surface area (Å²) in [5.74, 6) is -0.285. The third-order valence-corrected chi connectivity index (χ3v) is 5.67. The van der Waals surface area contributed by atoms with E-state index in [0.29, 0.717) is 22.0 Å². The molecule has 0 unspecified atom stereocenters. The number of hydrogen-bond donors (Lipinski definition) is 0. The molecule has 34 heavy (non-hydrogen) atoms. The number of para-hydroxylation sites is 1. The Morgan fingerprint density at radius 1 is 0.941 bits per heavy atom. The van der Waals surface area contributed by atoms with Crippen molar-refractivity contribution in [1.82, 2.24) is 0 Å². The molecule has 1 aliphatic rings. The zero-order valence-electron chi connectivity index (χ0n) is 18.7. The number of methoxy groups -OCH3 is 3. The quantitative estimate of drug-likeness (QED) is 0.366. The molecule has 0 N–H and O–H groups in total. The highest BCUT2D eigenvalue weighted by molar-refractivity contribution is 6.54. The molecule has 0 saturated carbocycles. The standard InChI is InChI=1S/C25H21ClN2O6/c1-31-20-12-16(13-21(32-2)23(20)33-3)25(30)34-27-22-17-9-5-7-11-19(17)28(24(22)29)14-15-8-4-6-10-18(15)26/h4-13H,14H2,1-3H3. The fraction of sp³-hybridized carbons (Fsp3) is 0.160. The Morgan fingerprint density at radius 3 is 2.24 bits per heavy atom. The lowest BCUT2D eigenvalue weighted by Crippen LogP contribution is -2.30. The monoisotopic (exact) mass is 480 g/mol. The van der Waals surface area contributed by atoms with E-state index >= 15 is 0 Å². The van der Waals surface area contributed by atoms with Crippen molar-refractivity contribution < 1.29 is 28.6 Å². The molecule has 1 aliphatic heterocycles. The maximum atomic E-state index is 13.2. The Hall–Kier alpha value is -4.04. The summed E-state index contributed by atoms with van der Waals surface area (Å²) >= 11 is 6.29. The van der Waals surface area contributed by atoms with Gasteiger partial charge in [-0.2, -0.15) is 0 Å². The third-order valence-electron chi connectivity index (χ3n) is 5.30. The van der Waals surface area contributed by atoms with Crippen molar-refractivity contribution in [3.8, 4) is 17.2 Å². The predicted molar refractivity (Wildman–Crippen MR) is 127 cm³/mol. The highest BCUT2D eigenvalue weighted by Gasteiger charge is 2.35. The zero-order valence-corrected chi connectivity index (χ0v) is 19.5. The lowest BCUT2D eigenvalue weighted by Gasteiger charge is -2.17. The van der Waals surface area contributed by atoms with Gasteiger partial charge in [0.25, 0.3) is 5.91 Å². The Kier molecular flexibility index (Phi) is 6.70. The Bertz CT molecular complexity index is 1260. The number of carbonyl (C=O) groups is 2. The van der Waals surface area contributed by atoms with E-state index in [4.69, 9.17) is 30.6 Å². The number of oxime groups is 1. The van der Waals surface area contributed by atoms with E-state index in [1.165, 1.54) is 33.5 Å². The number of rotatable bonds is 7. The molecule has 4 rings (SSSR count). The molecular weight excluding hydrogens is 460 g/mol. The number of fused-ring (bicyclic) bond motifs is 1. The second kappa shape index (κ2) is 9.84. The molecule has 0 atom stereocenters. The van der Waals surface area contributed by atoms with Crippen LogP contribution >= 0.6 is 11.6 Å². The van der Waals surface area contributed by atoms with Gasteiger partial charge in [-0.3, -0.25) is 4.79 Å². The van der Waals surface area contributed by atoms with Crippen molar-refractivity contribution >= 4 is 34.9 Å². The van der Waals surface area contributed by atoms with Gasteiger partial charge in [-0.05, 0) is 29.8 Å². The molecule has 3 aromatic rings. The van der Waals surface area contributed by atoms with Gasteiger partial charge in [-0.15, -0.1) is 0 Å². The van der Waals surface area contributed by atoms with Crippen molar-refractivity contribution in [2.24, 2.45) is 5.16 Å². The second-order valence-electron chi connectivity index (χ2n) is 7.23. The predicted octanol–water partition coefficient (Wildman–Crippen LogP) is 4.47. The Morgan fingerprint density at radius 2 is 1.59 bits per heavy atom. The average molecular weight is 481 g/mol. The van der Waals surface area contributed by atoms with Crippen molar-refractivity contribution in [3.05, 3.63) is 82.4 Å². The smallest absolute Gasteiger partial charge is 0.366 e. The molecule has 8 nitrogen and oxygen atoms in total. The van der Waals surface area contributed by atoms with Gasteiger partial charge in [0.15, 0.2) is 17.2 Å². The van der Waals surface area contributed by atoms with Crippen LogP contribution < -0.4 is 19.1 Å². The highest BCUT2D eigenvalue weighted by Crippen LogP contribution is 2.38. The van der Waals surface area contributed by atoms with Gasteiger partial charge in [0.2, 0.25) is 5.75 Å². The normalized spacial score (nSPS) is 13.6. The fourth-order valence-corrected chi connectivity index (χ4v) is 3.84. The van der Waals surface area contributed by atoms with E-state index in [0.717, 1.165) is 5.56 Å². The molecule has 0 aromatic heterocycles.